The van der Waals surface area contributed by atoms with Crippen LogP contribution < -0.4 is 14.8 Å². The van der Waals surface area contributed by atoms with Gasteiger partial charge in [0.15, 0.2) is 0 Å². The third kappa shape index (κ3) is 3.41. The van der Waals surface area contributed by atoms with Crippen molar-refractivity contribution in [2.75, 3.05) is 33.9 Å². The summed E-state index contributed by atoms with van der Waals surface area (Å²) in [4.78, 5) is 25.9. The standard InChI is InChI=1S/C17H22N2O4/c1-22-14-3-11(4-15(7-14)23-2)5-17(21)19-9-12-6-16(20)18-8-13(12)10-19/h3-4,7,12-13H,5-6,8-10H2,1-2H3,(H,18,20)/t12-,13+/m0/s1. The van der Waals surface area contributed by atoms with Gasteiger partial charge in [0, 0.05) is 32.1 Å². The van der Waals surface area contributed by atoms with E-state index in [1.54, 1.807) is 20.3 Å². The molecular weight excluding hydrogens is 296 g/mol. The quantitative estimate of drug-likeness (QED) is 0.893. The van der Waals surface area contributed by atoms with E-state index in [0.29, 0.717) is 49.3 Å². The number of nitrogens with zero attached hydrogens (tertiary/aromatic N) is 1. The van der Waals surface area contributed by atoms with Gasteiger partial charge in [0.05, 0.1) is 20.6 Å². The van der Waals surface area contributed by atoms with E-state index in [4.69, 9.17) is 9.47 Å². The fourth-order valence-electron chi connectivity index (χ4n) is 3.41. The van der Waals surface area contributed by atoms with Crippen LogP contribution in [-0.4, -0.2) is 50.6 Å². The number of amides is 2. The summed E-state index contributed by atoms with van der Waals surface area (Å²) in [5.74, 6) is 2.22. The summed E-state index contributed by atoms with van der Waals surface area (Å²) in [5, 5.41) is 2.88. The van der Waals surface area contributed by atoms with E-state index in [2.05, 4.69) is 5.32 Å². The molecule has 6 nitrogen and oxygen atoms in total. The van der Waals surface area contributed by atoms with Gasteiger partial charge in [-0.15, -0.1) is 0 Å². The molecule has 124 valence electrons. The third-order valence-corrected chi connectivity index (χ3v) is 4.70. The minimum Gasteiger partial charge on any atom is -0.497 e. The topological polar surface area (TPSA) is 67.9 Å². The first kappa shape index (κ1) is 15.6. The number of hydrogen-bond acceptors (Lipinski definition) is 4. The summed E-state index contributed by atoms with van der Waals surface area (Å²) in [6, 6.07) is 5.50. The zero-order valence-corrected chi connectivity index (χ0v) is 13.5. The molecule has 2 fully saturated rings. The van der Waals surface area contributed by atoms with Crippen LogP contribution in [0.15, 0.2) is 18.2 Å². The Hall–Kier alpha value is -2.24. The highest BCUT2D eigenvalue weighted by Gasteiger charge is 2.38. The van der Waals surface area contributed by atoms with Crippen molar-refractivity contribution >= 4 is 11.8 Å². The van der Waals surface area contributed by atoms with Crippen LogP contribution in [-0.2, 0) is 16.0 Å². The molecule has 6 heteroatoms. The van der Waals surface area contributed by atoms with E-state index in [-0.39, 0.29) is 11.8 Å². The van der Waals surface area contributed by atoms with E-state index in [1.165, 1.54) is 0 Å². The first-order valence-electron chi connectivity index (χ1n) is 7.85. The Bertz CT molecular complexity index is 594. The molecule has 3 rings (SSSR count). The normalized spacial score (nSPS) is 23.2. The van der Waals surface area contributed by atoms with Gasteiger partial charge in [0.25, 0.3) is 0 Å². The van der Waals surface area contributed by atoms with Crippen molar-refractivity contribution in [3.63, 3.8) is 0 Å². The molecule has 0 bridgehead atoms. The number of carbonyl (C=O) groups excluding carboxylic acids is 2. The van der Waals surface area contributed by atoms with Crippen LogP contribution in [0.1, 0.15) is 12.0 Å². The van der Waals surface area contributed by atoms with Crippen molar-refractivity contribution in [1.82, 2.24) is 10.2 Å². The van der Waals surface area contributed by atoms with Crippen LogP contribution >= 0.6 is 0 Å². The Morgan fingerprint density at radius 2 is 1.83 bits per heavy atom. The minimum atomic E-state index is 0.0853. The van der Waals surface area contributed by atoms with Crippen LogP contribution in [0, 0.1) is 11.8 Å². The smallest absolute Gasteiger partial charge is 0.227 e. The van der Waals surface area contributed by atoms with Gasteiger partial charge in [-0.1, -0.05) is 0 Å². The van der Waals surface area contributed by atoms with E-state index in [9.17, 15) is 9.59 Å². The maximum Gasteiger partial charge on any atom is 0.227 e. The molecule has 1 aromatic carbocycles. The predicted octanol–water partition coefficient (Wildman–Crippen LogP) is 0.841. The van der Waals surface area contributed by atoms with E-state index < -0.39 is 0 Å². The number of hydrogen-bond donors (Lipinski definition) is 1. The Morgan fingerprint density at radius 1 is 1.17 bits per heavy atom. The van der Waals surface area contributed by atoms with Crippen molar-refractivity contribution in [2.45, 2.75) is 12.8 Å². The lowest BCUT2D eigenvalue weighted by Gasteiger charge is -2.23. The maximum atomic E-state index is 12.6. The lowest BCUT2D eigenvalue weighted by molar-refractivity contribution is -0.130. The number of ether oxygens (including phenoxy) is 2. The SMILES string of the molecule is COc1cc(CC(=O)N2C[C@H]3CNC(=O)C[C@H]3C2)cc(OC)c1. The number of nitrogens with one attached hydrogen (secondary N) is 1. The van der Waals surface area contributed by atoms with Gasteiger partial charge in [0.1, 0.15) is 11.5 Å². The molecule has 0 aromatic heterocycles. The molecule has 23 heavy (non-hydrogen) atoms. The minimum absolute atomic E-state index is 0.0853. The lowest BCUT2D eigenvalue weighted by atomic mass is 9.89. The van der Waals surface area contributed by atoms with Gasteiger partial charge in [-0.3, -0.25) is 9.59 Å². The molecule has 0 radical (unpaired) electrons. The van der Waals surface area contributed by atoms with E-state index in [1.807, 2.05) is 17.0 Å². The van der Waals surface area contributed by atoms with Gasteiger partial charge >= 0.3 is 0 Å². The van der Waals surface area contributed by atoms with Crippen molar-refractivity contribution in [1.29, 1.82) is 0 Å². The summed E-state index contributed by atoms with van der Waals surface area (Å²) in [5.41, 5.74) is 0.871. The first-order valence-corrected chi connectivity index (χ1v) is 7.85. The Morgan fingerprint density at radius 3 is 2.48 bits per heavy atom. The Kier molecular flexibility index (Phi) is 4.41. The summed E-state index contributed by atoms with van der Waals surface area (Å²) < 4.78 is 10.5. The molecular formula is C17H22N2O4. The molecule has 1 aromatic rings. The fraction of sp³-hybridized carbons (Fsp3) is 0.529. The van der Waals surface area contributed by atoms with Crippen LogP contribution in [0.5, 0.6) is 11.5 Å². The monoisotopic (exact) mass is 318 g/mol. The second-order valence-corrected chi connectivity index (χ2v) is 6.22. The molecule has 1 N–H and O–H groups in total. The van der Waals surface area contributed by atoms with Crippen molar-refractivity contribution in [3.05, 3.63) is 23.8 Å². The van der Waals surface area contributed by atoms with Crippen LogP contribution in [0.2, 0.25) is 0 Å². The highest BCUT2D eigenvalue weighted by atomic mass is 16.5. The fourth-order valence-corrected chi connectivity index (χ4v) is 3.41. The van der Waals surface area contributed by atoms with Gasteiger partial charge < -0.3 is 19.7 Å². The zero-order valence-electron chi connectivity index (χ0n) is 13.5. The highest BCUT2D eigenvalue weighted by molar-refractivity contribution is 5.80. The Balaban J connectivity index is 1.67. The van der Waals surface area contributed by atoms with E-state index >= 15 is 0 Å². The second-order valence-electron chi connectivity index (χ2n) is 6.22. The van der Waals surface area contributed by atoms with Crippen molar-refractivity contribution in [2.24, 2.45) is 11.8 Å². The van der Waals surface area contributed by atoms with E-state index in [0.717, 1.165) is 12.1 Å². The summed E-state index contributed by atoms with van der Waals surface area (Å²) >= 11 is 0. The Labute approximate surface area is 135 Å². The number of methoxy groups -OCH3 is 2. The summed E-state index contributed by atoms with van der Waals surface area (Å²) in [6.07, 6.45) is 0.843. The molecule has 0 aliphatic carbocycles. The van der Waals surface area contributed by atoms with Gasteiger partial charge in [0.2, 0.25) is 11.8 Å². The van der Waals surface area contributed by atoms with Crippen LogP contribution in [0.3, 0.4) is 0 Å². The molecule has 2 heterocycles. The number of rotatable bonds is 4. The van der Waals surface area contributed by atoms with Gasteiger partial charge in [-0.05, 0) is 29.5 Å². The molecule has 2 atom stereocenters. The molecule has 2 aliphatic rings. The molecule has 2 saturated heterocycles. The van der Waals surface area contributed by atoms with Crippen molar-refractivity contribution < 1.29 is 19.1 Å². The summed E-state index contributed by atoms with van der Waals surface area (Å²) in [7, 11) is 3.19. The van der Waals surface area contributed by atoms with Crippen LogP contribution in [0.4, 0.5) is 0 Å². The lowest BCUT2D eigenvalue weighted by Crippen LogP contribution is -2.40. The highest BCUT2D eigenvalue weighted by Crippen LogP contribution is 2.29. The molecule has 0 spiro atoms. The van der Waals surface area contributed by atoms with Crippen molar-refractivity contribution in [3.8, 4) is 11.5 Å². The third-order valence-electron chi connectivity index (χ3n) is 4.70. The molecule has 2 aliphatic heterocycles. The number of benzene rings is 1. The molecule has 0 unspecified atom stereocenters. The zero-order chi connectivity index (χ0) is 16.4. The summed E-state index contributed by atoms with van der Waals surface area (Å²) in [6.45, 7) is 2.09. The number of fused-ring (bicyclic) bond motifs is 1. The van der Waals surface area contributed by atoms with Gasteiger partial charge in [-0.2, -0.15) is 0 Å². The van der Waals surface area contributed by atoms with Crippen LogP contribution in [0.25, 0.3) is 0 Å². The molecule has 0 saturated carbocycles. The number of likely N-dealkylation sites (tertiary alicyclic amines) is 1. The largest absolute Gasteiger partial charge is 0.497 e. The maximum absolute atomic E-state index is 12.6. The molecule has 2 amide bonds. The predicted molar refractivity (Wildman–Crippen MR) is 84.4 cm³/mol. The van der Waals surface area contributed by atoms with Gasteiger partial charge in [-0.25, -0.2) is 0 Å². The number of piperidine rings is 1. The average molecular weight is 318 g/mol. The number of carbonyl (C=O) groups is 2. The average Bonchev–Trinajstić information content (AvgIpc) is 2.97. The second kappa shape index (κ2) is 6.48. The first-order chi connectivity index (χ1) is 11.1.